The lowest BCUT2D eigenvalue weighted by Crippen LogP contribution is -2.43. The molecule has 0 aliphatic carbocycles. The van der Waals surface area contributed by atoms with Gasteiger partial charge in [0.15, 0.2) is 10.8 Å². The van der Waals surface area contributed by atoms with E-state index in [1.54, 1.807) is 29.2 Å². The number of aromatic nitrogens is 3. The molecule has 0 spiro atoms. The van der Waals surface area contributed by atoms with Crippen molar-refractivity contribution in [3.05, 3.63) is 65.6 Å². The summed E-state index contributed by atoms with van der Waals surface area (Å²) in [6, 6.07) is 14.1. The zero-order valence-electron chi connectivity index (χ0n) is 19.1. The lowest BCUT2D eigenvalue weighted by atomic mass is 9.97. The van der Waals surface area contributed by atoms with Crippen LogP contribution in [-0.4, -0.2) is 40.9 Å². The second-order valence-corrected chi connectivity index (χ2v) is 9.46. The third kappa shape index (κ3) is 4.48. The molecule has 0 saturated carbocycles. The number of piperidine rings is 1. The van der Waals surface area contributed by atoms with Gasteiger partial charge in [-0.3, -0.25) is 4.79 Å². The van der Waals surface area contributed by atoms with Gasteiger partial charge in [0, 0.05) is 19.6 Å². The Morgan fingerprint density at radius 2 is 2.12 bits per heavy atom. The van der Waals surface area contributed by atoms with Gasteiger partial charge in [-0.05, 0) is 55.7 Å². The Bertz CT molecular complexity index is 1330. The number of thiazole rings is 1. The van der Waals surface area contributed by atoms with E-state index >= 15 is 0 Å². The number of anilines is 1. The summed E-state index contributed by atoms with van der Waals surface area (Å²) < 4.78 is 21.7. The van der Waals surface area contributed by atoms with Crippen LogP contribution < -0.4 is 15.0 Å². The van der Waals surface area contributed by atoms with Gasteiger partial charge >= 0.3 is 0 Å². The number of carbonyl (C=O) groups is 1. The minimum absolute atomic E-state index is 0.0516. The van der Waals surface area contributed by atoms with Gasteiger partial charge in [-0.1, -0.05) is 29.5 Å². The van der Waals surface area contributed by atoms with Gasteiger partial charge in [0.1, 0.15) is 11.6 Å². The lowest BCUT2D eigenvalue weighted by molar-refractivity contribution is -0.125. The number of amides is 1. The minimum Gasteiger partial charge on any atom is -0.497 e. The molecular formula is C25H26FN5O2S. The molecule has 2 aromatic carbocycles. The first-order valence-electron chi connectivity index (χ1n) is 11.3. The molecule has 0 bridgehead atoms. The standard InChI is InChI=1S/C25H26FN5O2S/c1-16-22-23(31(29-16)20-9-4-8-19(26)13-20)28-25(34-22)30-11-5-7-18(15-30)24(32)27-14-17-6-3-10-21(12-17)33-2/h3-4,6,8-10,12-13,18H,5,7,11,14-15H2,1-2H3,(H,27,32)/t18-/m0/s1. The van der Waals surface area contributed by atoms with Gasteiger partial charge in [0.25, 0.3) is 0 Å². The highest BCUT2D eigenvalue weighted by molar-refractivity contribution is 7.22. The number of rotatable bonds is 6. The largest absolute Gasteiger partial charge is 0.497 e. The van der Waals surface area contributed by atoms with Gasteiger partial charge in [0.05, 0.1) is 29.1 Å². The zero-order chi connectivity index (χ0) is 23.7. The molecule has 0 unspecified atom stereocenters. The predicted octanol–water partition coefficient (Wildman–Crippen LogP) is 4.47. The molecule has 4 aromatic rings. The number of aryl methyl sites for hydroxylation is 1. The maximum atomic E-state index is 13.8. The van der Waals surface area contributed by atoms with Crippen LogP contribution in [0.5, 0.6) is 5.75 Å². The summed E-state index contributed by atoms with van der Waals surface area (Å²) >= 11 is 1.57. The molecule has 176 valence electrons. The quantitative estimate of drug-likeness (QED) is 0.442. The molecule has 1 saturated heterocycles. The topological polar surface area (TPSA) is 72.3 Å². The molecule has 7 nitrogen and oxygen atoms in total. The normalized spacial score (nSPS) is 16.1. The summed E-state index contributed by atoms with van der Waals surface area (Å²) in [6.45, 7) is 3.87. The average molecular weight is 480 g/mol. The molecule has 5 rings (SSSR count). The molecule has 1 fully saturated rings. The van der Waals surface area contributed by atoms with E-state index in [0.717, 1.165) is 46.2 Å². The number of carbonyl (C=O) groups excluding carboxylic acids is 1. The van der Waals surface area contributed by atoms with Crippen molar-refractivity contribution in [1.29, 1.82) is 0 Å². The molecule has 1 amide bonds. The third-order valence-electron chi connectivity index (χ3n) is 6.09. The number of fused-ring (bicyclic) bond motifs is 1. The number of benzene rings is 2. The Balaban J connectivity index is 1.31. The second-order valence-electron chi connectivity index (χ2n) is 8.48. The average Bonchev–Trinajstić information content (AvgIpc) is 3.43. The van der Waals surface area contributed by atoms with Crippen molar-refractivity contribution < 1.29 is 13.9 Å². The summed E-state index contributed by atoms with van der Waals surface area (Å²) in [4.78, 5) is 19.9. The Morgan fingerprint density at radius 3 is 2.94 bits per heavy atom. The highest BCUT2D eigenvalue weighted by Gasteiger charge is 2.28. The first kappa shape index (κ1) is 22.3. The van der Waals surface area contributed by atoms with E-state index < -0.39 is 0 Å². The van der Waals surface area contributed by atoms with Crippen LogP contribution in [0.3, 0.4) is 0 Å². The molecule has 34 heavy (non-hydrogen) atoms. The fourth-order valence-corrected chi connectivity index (χ4v) is 5.35. The van der Waals surface area contributed by atoms with Crippen molar-refractivity contribution in [2.75, 3.05) is 25.1 Å². The summed E-state index contributed by atoms with van der Waals surface area (Å²) in [5, 5.41) is 8.50. The van der Waals surface area contributed by atoms with Gasteiger partial charge in [-0.25, -0.2) is 9.07 Å². The first-order valence-corrected chi connectivity index (χ1v) is 12.1. The van der Waals surface area contributed by atoms with Crippen molar-refractivity contribution in [2.45, 2.75) is 26.3 Å². The first-order chi connectivity index (χ1) is 16.5. The monoisotopic (exact) mass is 479 g/mol. The third-order valence-corrected chi connectivity index (χ3v) is 7.31. The van der Waals surface area contributed by atoms with Crippen LogP contribution in [0.2, 0.25) is 0 Å². The Morgan fingerprint density at radius 1 is 1.26 bits per heavy atom. The smallest absolute Gasteiger partial charge is 0.225 e. The Kier molecular flexibility index (Phi) is 6.19. The second kappa shape index (κ2) is 9.42. The van der Waals surface area contributed by atoms with Crippen LogP contribution in [0, 0.1) is 18.7 Å². The SMILES string of the molecule is COc1cccc(CNC(=O)[C@H]2CCCN(c3nc4c(s3)c(C)nn4-c3cccc(F)c3)C2)c1. The predicted molar refractivity (Wildman–Crippen MR) is 131 cm³/mol. The molecule has 1 aliphatic heterocycles. The van der Waals surface area contributed by atoms with Crippen molar-refractivity contribution in [3.8, 4) is 11.4 Å². The maximum Gasteiger partial charge on any atom is 0.225 e. The number of hydrogen-bond donors (Lipinski definition) is 1. The molecule has 1 N–H and O–H groups in total. The van der Waals surface area contributed by atoms with Crippen LogP contribution in [0.1, 0.15) is 24.1 Å². The maximum absolute atomic E-state index is 13.8. The van der Waals surface area contributed by atoms with Crippen LogP contribution >= 0.6 is 11.3 Å². The van der Waals surface area contributed by atoms with E-state index in [4.69, 9.17) is 9.72 Å². The van der Waals surface area contributed by atoms with Crippen molar-refractivity contribution in [2.24, 2.45) is 5.92 Å². The van der Waals surface area contributed by atoms with E-state index in [2.05, 4.69) is 15.3 Å². The summed E-state index contributed by atoms with van der Waals surface area (Å²) in [6.07, 6.45) is 1.77. The van der Waals surface area contributed by atoms with E-state index in [1.165, 1.54) is 12.1 Å². The molecule has 3 heterocycles. The summed E-state index contributed by atoms with van der Waals surface area (Å²) in [7, 11) is 1.63. The summed E-state index contributed by atoms with van der Waals surface area (Å²) in [5.74, 6) is 0.412. The van der Waals surface area contributed by atoms with Crippen LogP contribution in [0.4, 0.5) is 9.52 Å². The van der Waals surface area contributed by atoms with Gasteiger partial charge in [0.2, 0.25) is 5.91 Å². The molecule has 2 aromatic heterocycles. The Labute approximate surface area is 201 Å². The summed E-state index contributed by atoms with van der Waals surface area (Å²) in [5.41, 5.74) is 3.22. The van der Waals surface area contributed by atoms with Crippen molar-refractivity contribution in [1.82, 2.24) is 20.1 Å². The van der Waals surface area contributed by atoms with E-state index in [0.29, 0.717) is 24.4 Å². The van der Waals surface area contributed by atoms with E-state index in [-0.39, 0.29) is 17.6 Å². The van der Waals surface area contributed by atoms with Crippen LogP contribution in [0.15, 0.2) is 48.5 Å². The number of nitrogens with zero attached hydrogens (tertiary/aromatic N) is 4. The molecule has 0 radical (unpaired) electrons. The van der Waals surface area contributed by atoms with Gasteiger partial charge in [-0.15, -0.1) is 0 Å². The van der Waals surface area contributed by atoms with Gasteiger partial charge in [-0.2, -0.15) is 10.1 Å². The molecule has 1 aliphatic rings. The van der Waals surface area contributed by atoms with Crippen molar-refractivity contribution in [3.63, 3.8) is 0 Å². The lowest BCUT2D eigenvalue weighted by Gasteiger charge is -2.31. The number of nitrogens with one attached hydrogen (secondary N) is 1. The van der Waals surface area contributed by atoms with Gasteiger partial charge < -0.3 is 15.0 Å². The molecule has 1 atom stereocenters. The van der Waals surface area contributed by atoms with Crippen LogP contribution in [0.25, 0.3) is 16.0 Å². The molecular weight excluding hydrogens is 453 g/mol. The fraction of sp³-hybridized carbons (Fsp3) is 0.320. The van der Waals surface area contributed by atoms with E-state index in [1.807, 2.05) is 37.3 Å². The van der Waals surface area contributed by atoms with Crippen molar-refractivity contribution >= 4 is 32.7 Å². The zero-order valence-corrected chi connectivity index (χ0v) is 19.9. The van der Waals surface area contributed by atoms with Crippen LogP contribution in [-0.2, 0) is 11.3 Å². The highest BCUT2D eigenvalue weighted by atomic mass is 32.1. The number of ether oxygens (including phenoxy) is 1. The Hall–Kier alpha value is -3.46. The fourth-order valence-electron chi connectivity index (χ4n) is 4.33. The minimum atomic E-state index is -0.312. The van der Waals surface area contributed by atoms with E-state index in [9.17, 15) is 9.18 Å². The molecule has 9 heteroatoms. The number of hydrogen-bond acceptors (Lipinski definition) is 6. The number of halogens is 1. The number of methoxy groups -OCH3 is 1. The highest BCUT2D eigenvalue weighted by Crippen LogP contribution is 2.34.